The molecule has 0 bridgehead atoms. The van der Waals surface area contributed by atoms with Crippen molar-refractivity contribution in [3.8, 4) is 0 Å². The maximum absolute atomic E-state index is 15.1. The number of cyclic esters (lactones) is 1. The molecule has 0 radical (unpaired) electrons. The summed E-state index contributed by atoms with van der Waals surface area (Å²) < 4.78 is 25.9. The highest BCUT2D eigenvalue weighted by Gasteiger charge is 2.33. The number of fused-ring (bicyclic) bond motifs is 1. The van der Waals surface area contributed by atoms with E-state index in [-0.39, 0.29) is 42.8 Å². The molecule has 2 aliphatic heterocycles. The molecule has 2 saturated heterocycles. The van der Waals surface area contributed by atoms with E-state index in [1.807, 2.05) is 9.80 Å². The van der Waals surface area contributed by atoms with Gasteiger partial charge in [0.25, 0.3) is 5.69 Å². The van der Waals surface area contributed by atoms with Crippen LogP contribution in [-0.4, -0.2) is 79.5 Å². The van der Waals surface area contributed by atoms with Gasteiger partial charge in [-0.3, -0.25) is 29.5 Å². The number of furan rings is 1. The number of Topliss-reactive ketones (excluding diaryl/α,β-unsaturated/α-hetero) is 1. The Kier molecular flexibility index (Phi) is 7.15. The lowest BCUT2D eigenvalue weighted by Gasteiger charge is -2.35. The van der Waals surface area contributed by atoms with Gasteiger partial charge < -0.3 is 19.4 Å². The molecule has 2 aliphatic rings. The van der Waals surface area contributed by atoms with Crippen molar-refractivity contribution >= 4 is 45.8 Å². The quantitative estimate of drug-likeness (QED) is 0.260. The van der Waals surface area contributed by atoms with Gasteiger partial charge in [-0.15, -0.1) is 0 Å². The van der Waals surface area contributed by atoms with Crippen LogP contribution in [-0.2, 0) is 9.53 Å². The summed E-state index contributed by atoms with van der Waals surface area (Å²) in [6.07, 6.45) is -1.11. The van der Waals surface area contributed by atoms with Gasteiger partial charge in [0.15, 0.2) is 5.76 Å². The van der Waals surface area contributed by atoms with Gasteiger partial charge in [0.05, 0.1) is 35.9 Å². The Bertz CT molecular complexity index is 1450. The van der Waals surface area contributed by atoms with Crippen LogP contribution in [0.1, 0.15) is 17.5 Å². The van der Waals surface area contributed by atoms with E-state index in [2.05, 4.69) is 5.32 Å². The first kappa shape index (κ1) is 26.1. The second-order valence-corrected chi connectivity index (χ2v) is 9.47. The lowest BCUT2D eigenvalue weighted by atomic mass is 10.2. The minimum atomic E-state index is -0.599. The summed E-state index contributed by atoms with van der Waals surface area (Å²) in [4.78, 5) is 51.8. The van der Waals surface area contributed by atoms with Crippen LogP contribution in [0.25, 0.3) is 11.0 Å². The number of amides is 2. The minimum absolute atomic E-state index is 0.0785. The zero-order chi connectivity index (χ0) is 27.7. The van der Waals surface area contributed by atoms with Gasteiger partial charge in [-0.2, -0.15) is 0 Å². The minimum Gasteiger partial charge on any atom is -0.453 e. The fraction of sp³-hybridized carbons (Fsp3) is 0.346. The summed E-state index contributed by atoms with van der Waals surface area (Å²) in [5.74, 6) is -0.819. The number of hydrogen-bond donors (Lipinski definition) is 1. The molecule has 0 spiro atoms. The summed E-state index contributed by atoms with van der Waals surface area (Å²) in [6, 6.07) is 10.2. The van der Waals surface area contributed by atoms with Crippen LogP contribution in [0.4, 0.5) is 26.2 Å². The van der Waals surface area contributed by atoms with Gasteiger partial charge in [0.2, 0.25) is 11.7 Å². The molecular weight excluding hydrogens is 513 g/mol. The normalized spacial score (nSPS) is 17.9. The van der Waals surface area contributed by atoms with Crippen molar-refractivity contribution in [3.63, 3.8) is 0 Å². The monoisotopic (exact) mass is 539 g/mol. The molecule has 1 atom stereocenters. The number of carbonyl (C=O) groups is 3. The molecule has 3 aromatic rings. The Hall–Kier alpha value is -4.52. The van der Waals surface area contributed by atoms with Crippen LogP contribution in [0.2, 0.25) is 0 Å². The molecule has 3 heterocycles. The second-order valence-electron chi connectivity index (χ2n) is 9.47. The van der Waals surface area contributed by atoms with E-state index in [4.69, 9.17) is 9.15 Å². The van der Waals surface area contributed by atoms with E-state index < -0.39 is 22.9 Å². The maximum atomic E-state index is 15.1. The van der Waals surface area contributed by atoms with Gasteiger partial charge in [-0.1, -0.05) is 0 Å². The summed E-state index contributed by atoms with van der Waals surface area (Å²) in [7, 11) is 0. The van der Waals surface area contributed by atoms with Crippen LogP contribution in [0.3, 0.4) is 0 Å². The number of halogens is 1. The highest BCUT2D eigenvalue weighted by molar-refractivity contribution is 5.99. The van der Waals surface area contributed by atoms with Crippen LogP contribution in [0, 0.1) is 15.9 Å². The van der Waals surface area contributed by atoms with Crippen molar-refractivity contribution in [2.75, 3.05) is 55.6 Å². The Labute approximate surface area is 222 Å². The SMILES string of the molecule is CC(=O)NC[C@H]1CN(c2ccc(N3CCN(CC(=O)c4cc5cc([N+](=O)[O-])ccc5o4)CC3)c(F)c2)C(=O)O1. The van der Waals surface area contributed by atoms with Crippen molar-refractivity contribution in [3.05, 3.63) is 64.2 Å². The molecular formula is C26H26FN5O7. The lowest BCUT2D eigenvalue weighted by Crippen LogP contribution is -2.48. The Balaban J connectivity index is 1.17. The summed E-state index contributed by atoms with van der Waals surface area (Å²) in [5.41, 5.74) is 1.08. The van der Waals surface area contributed by atoms with E-state index >= 15 is 4.39 Å². The number of piperazine rings is 1. The van der Waals surface area contributed by atoms with E-state index in [1.54, 1.807) is 12.1 Å². The molecule has 0 unspecified atom stereocenters. The first-order valence-corrected chi connectivity index (χ1v) is 12.4. The number of ether oxygens (including phenoxy) is 1. The lowest BCUT2D eigenvalue weighted by molar-refractivity contribution is -0.384. The standard InChI is InChI=1S/C26H26FN5O7/c1-16(33)28-13-20-14-31(26(35)38-20)18-2-4-22(21(27)12-18)30-8-6-29(7-9-30)15-23(34)25-11-17-10-19(32(36)37)3-5-24(17)39-25/h2-5,10-12,20H,6-9,13-15H2,1H3,(H,28,33)/t20-/m0/s1. The number of anilines is 2. The highest BCUT2D eigenvalue weighted by atomic mass is 19.1. The summed E-state index contributed by atoms with van der Waals surface area (Å²) >= 11 is 0. The average molecular weight is 540 g/mol. The van der Waals surface area contributed by atoms with Crippen LogP contribution in [0.15, 0.2) is 46.9 Å². The zero-order valence-electron chi connectivity index (χ0n) is 21.1. The van der Waals surface area contributed by atoms with E-state index in [9.17, 15) is 24.5 Å². The zero-order valence-corrected chi connectivity index (χ0v) is 21.1. The number of nitrogens with zero attached hydrogens (tertiary/aromatic N) is 4. The number of nitrogens with one attached hydrogen (secondary N) is 1. The summed E-state index contributed by atoms with van der Waals surface area (Å²) in [5, 5.41) is 14.1. The van der Waals surface area contributed by atoms with Gasteiger partial charge in [-0.25, -0.2) is 9.18 Å². The first-order valence-electron chi connectivity index (χ1n) is 12.4. The number of carbonyl (C=O) groups excluding carboxylic acids is 3. The predicted octanol–water partition coefficient (Wildman–Crippen LogP) is 2.95. The largest absolute Gasteiger partial charge is 0.453 e. The third kappa shape index (κ3) is 5.67. The van der Waals surface area contributed by atoms with Gasteiger partial charge in [0.1, 0.15) is 17.5 Å². The highest BCUT2D eigenvalue weighted by Crippen LogP contribution is 2.29. The number of ketones is 1. The van der Waals surface area contributed by atoms with Gasteiger partial charge >= 0.3 is 6.09 Å². The number of hydrogen-bond acceptors (Lipinski definition) is 9. The molecule has 0 aliphatic carbocycles. The molecule has 2 aromatic carbocycles. The van der Waals surface area contributed by atoms with E-state index in [1.165, 1.54) is 42.2 Å². The third-order valence-corrected chi connectivity index (χ3v) is 6.76. The molecule has 13 heteroatoms. The Morgan fingerprint density at radius 1 is 1.13 bits per heavy atom. The number of non-ortho nitro benzene ring substituents is 1. The van der Waals surface area contributed by atoms with Crippen molar-refractivity contribution in [1.82, 2.24) is 10.2 Å². The molecule has 1 N–H and O–H groups in total. The van der Waals surface area contributed by atoms with Crippen molar-refractivity contribution < 1.29 is 32.9 Å². The molecule has 0 saturated carbocycles. The smallest absolute Gasteiger partial charge is 0.414 e. The number of benzene rings is 2. The molecule has 5 rings (SSSR count). The molecule has 2 fully saturated rings. The van der Waals surface area contributed by atoms with Crippen LogP contribution >= 0.6 is 0 Å². The fourth-order valence-electron chi connectivity index (χ4n) is 4.73. The van der Waals surface area contributed by atoms with Crippen molar-refractivity contribution in [2.45, 2.75) is 13.0 Å². The fourth-order valence-corrected chi connectivity index (χ4v) is 4.73. The van der Waals surface area contributed by atoms with E-state index in [0.29, 0.717) is 48.5 Å². The van der Waals surface area contributed by atoms with Crippen LogP contribution in [0.5, 0.6) is 0 Å². The average Bonchev–Trinajstić information content (AvgIpc) is 3.51. The predicted molar refractivity (Wildman–Crippen MR) is 139 cm³/mol. The first-order chi connectivity index (χ1) is 18.7. The number of rotatable bonds is 8. The second kappa shape index (κ2) is 10.7. The number of nitro groups is 1. The third-order valence-electron chi connectivity index (χ3n) is 6.76. The van der Waals surface area contributed by atoms with Crippen molar-refractivity contribution in [2.24, 2.45) is 0 Å². The van der Waals surface area contributed by atoms with Crippen molar-refractivity contribution in [1.29, 1.82) is 0 Å². The Morgan fingerprint density at radius 3 is 2.59 bits per heavy atom. The van der Waals surface area contributed by atoms with E-state index in [0.717, 1.165) is 0 Å². The molecule has 2 amide bonds. The summed E-state index contributed by atoms with van der Waals surface area (Å²) in [6.45, 7) is 3.87. The maximum Gasteiger partial charge on any atom is 0.414 e. The van der Waals surface area contributed by atoms with Gasteiger partial charge in [-0.05, 0) is 30.3 Å². The number of nitro benzene ring substituents is 1. The molecule has 39 heavy (non-hydrogen) atoms. The molecule has 12 nitrogen and oxygen atoms in total. The Morgan fingerprint density at radius 2 is 1.90 bits per heavy atom. The topological polar surface area (TPSA) is 138 Å². The molecule has 204 valence electrons. The van der Waals surface area contributed by atoms with Gasteiger partial charge in [0, 0.05) is 50.6 Å². The molecule has 1 aromatic heterocycles. The van der Waals surface area contributed by atoms with Crippen LogP contribution < -0.4 is 15.1 Å².